The molecule has 1 aliphatic heterocycles. The van der Waals surface area contributed by atoms with Gasteiger partial charge in [-0.1, -0.05) is 6.92 Å². The Morgan fingerprint density at radius 2 is 1.79 bits per heavy atom. The van der Waals surface area contributed by atoms with Gasteiger partial charge in [-0.2, -0.15) is 0 Å². The summed E-state index contributed by atoms with van der Waals surface area (Å²) in [5.74, 6) is 0.546. The molecular weight excluding hydrogens is 262 g/mol. The molecule has 6 heteroatoms. The summed E-state index contributed by atoms with van der Waals surface area (Å²) >= 11 is 0. The van der Waals surface area contributed by atoms with Gasteiger partial charge in [0.2, 0.25) is 0 Å². The van der Waals surface area contributed by atoms with Crippen LogP contribution >= 0.6 is 0 Å². The lowest BCUT2D eigenvalue weighted by Gasteiger charge is -2.48. The first-order valence-corrected chi connectivity index (χ1v) is 8.90. The third kappa shape index (κ3) is 4.15. The Morgan fingerprint density at radius 3 is 2.16 bits per heavy atom. The summed E-state index contributed by atoms with van der Waals surface area (Å²) in [6.45, 7) is 6.74. The van der Waals surface area contributed by atoms with E-state index in [9.17, 15) is 8.42 Å². The molecule has 0 aromatic rings. The van der Waals surface area contributed by atoms with Gasteiger partial charge >= 0.3 is 0 Å². The van der Waals surface area contributed by atoms with E-state index < -0.39 is 9.84 Å². The average Bonchev–Trinajstić information content (AvgIpc) is 2.31. The van der Waals surface area contributed by atoms with Crippen molar-refractivity contribution in [1.29, 1.82) is 0 Å². The molecule has 1 fully saturated rings. The first-order chi connectivity index (χ1) is 8.76. The first-order valence-electron chi connectivity index (χ1n) is 7.08. The number of likely N-dealkylation sites (N-methyl/N-ethyl adjacent to an activating group) is 2. The van der Waals surface area contributed by atoms with E-state index in [1.165, 1.54) is 0 Å². The van der Waals surface area contributed by atoms with E-state index in [1.807, 2.05) is 0 Å². The molecule has 2 N–H and O–H groups in total. The minimum absolute atomic E-state index is 0.143. The van der Waals surface area contributed by atoms with Crippen molar-refractivity contribution < 1.29 is 8.42 Å². The van der Waals surface area contributed by atoms with Crippen molar-refractivity contribution in [2.75, 3.05) is 45.2 Å². The second-order valence-corrected chi connectivity index (χ2v) is 8.28. The van der Waals surface area contributed by atoms with E-state index in [1.54, 1.807) is 0 Å². The van der Waals surface area contributed by atoms with E-state index in [2.05, 4.69) is 37.7 Å². The highest BCUT2D eigenvalue weighted by Crippen LogP contribution is 2.31. The molecule has 0 spiro atoms. The second kappa shape index (κ2) is 6.52. The van der Waals surface area contributed by atoms with Gasteiger partial charge in [-0.25, -0.2) is 8.42 Å². The molecule has 1 rings (SSSR count). The highest BCUT2D eigenvalue weighted by Gasteiger charge is 2.42. The van der Waals surface area contributed by atoms with Gasteiger partial charge in [-0.3, -0.25) is 4.90 Å². The molecule has 1 saturated heterocycles. The fourth-order valence-electron chi connectivity index (χ4n) is 3.27. The van der Waals surface area contributed by atoms with Crippen LogP contribution in [0, 0.1) is 0 Å². The topological polar surface area (TPSA) is 66.6 Å². The lowest BCUT2D eigenvalue weighted by Crippen LogP contribution is -2.61. The van der Waals surface area contributed by atoms with Gasteiger partial charge in [0.1, 0.15) is 9.84 Å². The molecule has 0 aromatic carbocycles. The summed E-state index contributed by atoms with van der Waals surface area (Å²) in [4.78, 5) is 4.57. The van der Waals surface area contributed by atoms with E-state index in [-0.39, 0.29) is 17.0 Å². The number of hydrogen-bond acceptors (Lipinski definition) is 5. The van der Waals surface area contributed by atoms with Gasteiger partial charge in [0.25, 0.3) is 0 Å². The maximum absolute atomic E-state index is 11.6. The van der Waals surface area contributed by atoms with E-state index in [0.717, 1.165) is 13.1 Å². The van der Waals surface area contributed by atoms with Gasteiger partial charge in [0, 0.05) is 24.7 Å². The SMILES string of the molecule is CCN(C(C)CN(C)C)C1(CN)CCS(=O)(=O)CC1. The van der Waals surface area contributed by atoms with Crippen molar-refractivity contribution in [2.24, 2.45) is 5.73 Å². The quantitative estimate of drug-likeness (QED) is 0.755. The van der Waals surface area contributed by atoms with E-state index in [4.69, 9.17) is 5.73 Å². The van der Waals surface area contributed by atoms with Crippen molar-refractivity contribution in [3.8, 4) is 0 Å². The van der Waals surface area contributed by atoms with Gasteiger partial charge < -0.3 is 10.6 Å². The van der Waals surface area contributed by atoms with Crippen LogP contribution in [0.1, 0.15) is 26.7 Å². The van der Waals surface area contributed by atoms with Gasteiger partial charge in [0.05, 0.1) is 11.5 Å². The number of nitrogens with zero attached hydrogens (tertiary/aromatic N) is 2. The van der Waals surface area contributed by atoms with Crippen LogP contribution in [0.2, 0.25) is 0 Å². The maximum Gasteiger partial charge on any atom is 0.150 e. The van der Waals surface area contributed by atoms with Crippen LogP contribution in [0.4, 0.5) is 0 Å². The summed E-state index contributed by atoms with van der Waals surface area (Å²) in [5, 5.41) is 0. The molecule has 0 radical (unpaired) electrons. The van der Waals surface area contributed by atoms with E-state index in [0.29, 0.717) is 25.4 Å². The van der Waals surface area contributed by atoms with Crippen LogP contribution in [0.25, 0.3) is 0 Å². The van der Waals surface area contributed by atoms with Crippen molar-refractivity contribution in [2.45, 2.75) is 38.3 Å². The third-order valence-electron chi connectivity index (χ3n) is 4.25. The van der Waals surface area contributed by atoms with Crippen LogP contribution < -0.4 is 5.73 Å². The Kier molecular flexibility index (Phi) is 5.79. The average molecular weight is 291 g/mol. The molecule has 1 unspecified atom stereocenters. The van der Waals surface area contributed by atoms with Crippen LogP contribution in [0.5, 0.6) is 0 Å². The highest BCUT2D eigenvalue weighted by atomic mass is 32.2. The lowest BCUT2D eigenvalue weighted by atomic mass is 9.88. The predicted octanol–water partition coefficient (Wildman–Crippen LogP) is 0.165. The highest BCUT2D eigenvalue weighted by molar-refractivity contribution is 7.91. The van der Waals surface area contributed by atoms with Crippen LogP contribution in [-0.2, 0) is 9.84 Å². The second-order valence-electron chi connectivity index (χ2n) is 5.98. The number of rotatable bonds is 6. The Morgan fingerprint density at radius 1 is 1.26 bits per heavy atom. The maximum atomic E-state index is 11.6. The zero-order valence-electron chi connectivity index (χ0n) is 12.7. The van der Waals surface area contributed by atoms with Gasteiger partial charge in [-0.05, 0) is 40.4 Å². The molecule has 19 heavy (non-hydrogen) atoms. The summed E-state index contributed by atoms with van der Waals surface area (Å²) < 4.78 is 23.3. The molecule has 114 valence electrons. The molecule has 0 aliphatic carbocycles. The Balaban J connectivity index is 2.86. The van der Waals surface area contributed by atoms with Gasteiger partial charge in [-0.15, -0.1) is 0 Å². The molecule has 1 atom stereocenters. The zero-order valence-corrected chi connectivity index (χ0v) is 13.5. The number of hydrogen-bond donors (Lipinski definition) is 1. The van der Waals surface area contributed by atoms with Crippen molar-refractivity contribution in [3.05, 3.63) is 0 Å². The molecule has 0 bridgehead atoms. The number of sulfone groups is 1. The summed E-state index contributed by atoms with van der Waals surface area (Å²) in [5.41, 5.74) is 5.88. The third-order valence-corrected chi connectivity index (χ3v) is 5.90. The van der Waals surface area contributed by atoms with Crippen molar-refractivity contribution in [1.82, 2.24) is 9.80 Å². The summed E-state index contributed by atoms with van der Waals surface area (Å²) in [7, 11) is 1.27. The molecular formula is C13H29N3O2S. The monoisotopic (exact) mass is 291 g/mol. The Labute approximate surface area is 118 Å². The Bertz CT molecular complexity index is 367. The molecule has 1 heterocycles. The summed E-state index contributed by atoms with van der Waals surface area (Å²) in [6.07, 6.45) is 1.33. The Hall–Kier alpha value is -0.170. The van der Waals surface area contributed by atoms with Gasteiger partial charge in [0.15, 0.2) is 0 Å². The first kappa shape index (κ1) is 16.9. The smallest absolute Gasteiger partial charge is 0.150 e. The fraction of sp³-hybridized carbons (Fsp3) is 1.00. The van der Waals surface area contributed by atoms with Crippen LogP contribution in [0.15, 0.2) is 0 Å². The molecule has 0 saturated carbocycles. The van der Waals surface area contributed by atoms with Crippen LogP contribution in [0.3, 0.4) is 0 Å². The molecule has 1 aliphatic rings. The minimum atomic E-state index is -2.85. The summed E-state index contributed by atoms with van der Waals surface area (Å²) in [6, 6.07) is 0.379. The van der Waals surface area contributed by atoms with Crippen molar-refractivity contribution >= 4 is 9.84 Å². The standard InChI is InChI=1S/C13H29N3O2S/c1-5-16(12(2)10-15(3)4)13(11-14)6-8-19(17,18)9-7-13/h12H,5-11,14H2,1-4H3. The number of nitrogens with two attached hydrogens (primary N) is 1. The van der Waals surface area contributed by atoms with Crippen LogP contribution in [-0.4, -0.2) is 75.0 Å². The molecule has 0 amide bonds. The normalized spacial score (nSPS) is 23.7. The predicted molar refractivity (Wildman–Crippen MR) is 80.1 cm³/mol. The largest absolute Gasteiger partial charge is 0.329 e. The fourth-order valence-corrected chi connectivity index (χ4v) is 4.85. The molecule has 5 nitrogen and oxygen atoms in total. The lowest BCUT2D eigenvalue weighted by molar-refractivity contribution is 0.0403. The zero-order chi connectivity index (χ0) is 14.7. The minimum Gasteiger partial charge on any atom is -0.329 e. The van der Waals surface area contributed by atoms with E-state index >= 15 is 0 Å². The molecule has 0 aromatic heterocycles. The van der Waals surface area contributed by atoms with Crippen molar-refractivity contribution in [3.63, 3.8) is 0 Å².